The summed E-state index contributed by atoms with van der Waals surface area (Å²) in [6.45, 7) is 12.9. The monoisotopic (exact) mass is 976 g/mol. The molecule has 3 aromatic carbocycles. The van der Waals surface area contributed by atoms with Crippen molar-refractivity contribution in [1.29, 1.82) is 5.26 Å². The van der Waals surface area contributed by atoms with Crippen LogP contribution in [0.25, 0.3) is 10.8 Å². The van der Waals surface area contributed by atoms with Crippen molar-refractivity contribution >= 4 is 40.1 Å². The summed E-state index contributed by atoms with van der Waals surface area (Å²) in [5.74, 6) is 0.0546. The van der Waals surface area contributed by atoms with Gasteiger partial charge in [0.25, 0.3) is 5.91 Å². The highest BCUT2D eigenvalue weighted by molar-refractivity contribution is 6.01. The maximum Gasteiger partial charge on any atom is 0.318 e. The fourth-order valence-electron chi connectivity index (χ4n) is 9.96. The van der Waals surface area contributed by atoms with Crippen molar-refractivity contribution in [3.8, 4) is 17.8 Å². The first-order chi connectivity index (χ1) is 34.2. The molecule has 0 spiro atoms. The van der Waals surface area contributed by atoms with Crippen molar-refractivity contribution in [1.82, 2.24) is 24.7 Å². The number of esters is 1. The number of likely N-dealkylation sites (N-methyl/N-ethyl adjacent to an activating group) is 2. The van der Waals surface area contributed by atoms with Crippen molar-refractivity contribution in [2.75, 3.05) is 103 Å². The summed E-state index contributed by atoms with van der Waals surface area (Å²) in [5.41, 5.74) is 9.54. The van der Waals surface area contributed by atoms with Crippen molar-refractivity contribution in [3.05, 3.63) is 83.0 Å². The number of fused-ring (bicyclic) bond motifs is 3. The minimum absolute atomic E-state index is 0.0383. The van der Waals surface area contributed by atoms with Crippen molar-refractivity contribution in [3.63, 3.8) is 0 Å². The number of nitrogens with two attached hydrogens (primary N) is 1. The third kappa shape index (κ3) is 13.1. The summed E-state index contributed by atoms with van der Waals surface area (Å²) in [5, 5.41) is 12.0. The number of piperazine rings is 1. The first-order valence-corrected chi connectivity index (χ1v) is 24.9. The summed E-state index contributed by atoms with van der Waals surface area (Å²) < 4.78 is 35.5. The molecule has 0 saturated carbocycles. The molecule has 0 radical (unpaired) electrons. The van der Waals surface area contributed by atoms with Crippen LogP contribution in [0, 0.1) is 11.3 Å². The summed E-state index contributed by atoms with van der Waals surface area (Å²) >= 11 is 0. The van der Waals surface area contributed by atoms with E-state index in [0.29, 0.717) is 82.1 Å². The molecule has 71 heavy (non-hydrogen) atoms. The van der Waals surface area contributed by atoms with Crippen LogP contribution in [0.15, 0.2) is 60.7 Å². The van der Waals surface area contributed by atoms with Crippen LogP contribution in [-0.4, -0.2) is 165 Å². The molecule has 4 aliphatic heterocycles. The van der Waals surface area contributed by atoms with E-state index >= 15 is 0 Å². The predicted octanol–water partition coefficient (Wildman–Crippen LogP) is 4.74. The molecular formula is C53H69N9O9. The molecule has 2 fully saturated rings. The average molecular weight is 976 g/mol. The molecule has 5 heterocycles. The Morgan fingerprint density at radius 2 is 1.63 bits per heavy atom. The fourth-order valence-corrected chi connectivity index (χ4v) is 9.96. The van der Waals surface area contributed by atoms with Gasteiger partial charge < -0.3 is 48.9 Å². The van der Waals surface area contributed by atoms with E-state index in [-0.39, 0.29) is 43.5 Å². The smallest absolute Gasteiger partial charge is 0.318 e. The van der Waals surface area contributed by atoms with E-state index in [0.717, 1.165) is 57.1 Å². The normalized spacial score (nSPS) is 19.9. The van der Waals surface area contributed by atoms with Crippen LogP contribution in [0.5, 0.6) is 11.8 Å². The van der Waals surface area contributed by atoms with Crippen molar-refractivity contribution in [2.45, 2.75) is 95.8 Å². The van der Waals surface area contributed by atoms with E-state index in [4.69, 9.17) is 44.1 Å². The third-order valence-electron chi connectivity index (χ3n) is 13.7. The molecule has 1 unspecified atom stereocenters. The Bertz CT molecular complexity index is 2540. The standard InChI is InChI=1S/C53H69N9O9/c1-53(2,3)71-48(63)16-15-47(49(55)64)62-31-37-29-40(13-14-43(37)51(62)65)68-27-25-66-23-24-67-26-28-69-41-30-39(59(5)33-41)35-70-52-56-45-34-60(46-12-8-10-36-9-6-7-11-42(36)46)20-18-44(45)50(57-52)61-22-21-58(4)38(32-61)17-19-54/h6-14,29,38-39,41,47H,15-18,20-28,30-35H2,1-5H3,(H2,55,64)/t38-,39-,41+,47?/m0/s1. The Balaban J connectivity index is 0.751. The molecule has 1 aromatic heterocycles. The minimum atomic E-state index is -0.941. The van der Waals surface area contributed by atoms with Gasteiger partial charge in [0.1, 0.15) is 36.4 Å². The lowest BCUT2D eigenvalue weighted by molar-refractivity contribution is -0.155. The van der Waals surface area contributed by atoms with Gasteiger partial charge in [-0.15, -0.1) is 0 Å². The van der Waals surface area contributed by atoms with Crippen LogP contribution in [0.3, 0.4) is 0 Å². The van der Waals surface area contributed by atoms with Gasteiger partial charge in [0.15, 0.2) is 0 Å². The number of nitriles is 1. The first kappa shape index (κ1) is 51.3. The topological polar surface area (TPSA) is 198 Å². The largest absolute Gasteiger partial charge is 0.491 e. The third-order valence-corrected chi connectivity index (χ3v) is 13.7. The summed E-state index contributed by atoms with van der Waals surface area (Å²) in [6.07, 6.45) is 2.16. The number of amides is 2. The van der Waals surface area contributed by atoms with Gasteiger partial charge in [0.2, 0.25) is 5.91 Å². The average Bonchev–Trinajstić information content (AvgIpc) is 3.87. The minimum Gasteiger partial charge on any atom is -0.491 e. The zero-order valence-electron chi connectivity index (χ0n) is 41.8. The Hall–Kier alpha value is -6.10. The van der Waals surface area contributed by atoms with Gasteiger partial charge in [-0.1, -0.05) is 36.4 Å². The number of ether oxygens (including phenoxy) is 6. The second kappa shape index (κ2) is 23.4. The molecule has 2 saturated heterocycles. The van der Waals surface area contributed by atoms with Gasteiger partial charge >= 0.3 is 12.0 Å². The second-order valence-corrected chi connectivity index (χ2v) is 19.9. The van der Waals surface area contributed by atoms with E-state index < -0.39 is 23.5 Å². The SMILES string of the molecule is CN1CCN(c2nc(OC[C@@H]3C[C@@H](OCCOCCOCCOc4ccc5c(c4)CN(C(CCC(=O)OC(C)(C)C)C(N)=O)C5=O)CN3C)nc3c2CCN(c2cccc4ccccc24)C3)C[C@@H]1CC#N. The number of carbonyl (C=O) groups is 3. The molecular weight excluding hydrogens is 907 g/mol. The molecule has 0 aliphatic carbocycles. The lowest BCUT2D eigenvalue weighted by Gasteiger charge is -2.41. The Labute approximate surface area is 416 Å². The van der Waals surface area contributed by atoms with Gasteiger partial charge in [-0.05, 0) is 89.3 Å². The maximum absolute atomic E-state index is 13.2. The van der Waals surface area contributed by atoms with Crippen molar-refractivity contribution in [2.24, 2.45) is 5.73 Å². The summed E-state index contributed by atoms with van der Waals surface area (Å²) in [6, 6.07) is 22.2. The number of hydrogen-bond acceptors (Lipinski definition) is 16. The highest BCUT2D eigenvalue weighted by Gasteiger charge is 2.37. The van der Waals surface area contributed by atoms with Crippen LogP contribution in [0.4, 0.5) is 11.5 Å². The van der Waals surface area contributed by atoms with E-state index in [1.54, 1.807) is 39.0 Å². The highest BCUT2D eigenvalue weighted by atomic mass is 16.6. The molecule has 8 rings (SSSR count). The zero-order valence-corrected chi connectivity index (χ0v) is 41.8. The van der Waals surface area contributed by atoms with Gasteiger partial charge in [-0.2, -0.15) is 15.2 Å². The van der Waals surface area contributed by atoms with Crippen LogP contribution < -0.4 is 25.0 Å². The molecule has 0 bridgehead atoms. The summed E-state index contributed by atoms with van der Waals surface area (Å²) in [7, 11) is 4.18. The molecule has 4 aliphatic rings. The number of primary amides is 1. The van der Waals surface area contributed by atoms with Gasteiger partial charge in [-0.3, -0.25) is 24.2 Å². The van der Waals surface area contributed by atoms with E-state index in [2.05, 4.69) is 82.2 Å². The van der Waals surface area contributed by atoms with E-state index in [1.165, 1.54) is 26.9 Å². The number of anilines is 2. The maximum atomic E-state index is 13.2. The van der Waals surface area contributed by atoms with Crippen LogP contribution in [0.1, 0.15) is 73.6 Å². The number of rotatable bonds is 22. The number of nitrogens with zero attached hydrogens (tertiary/aromatic N) is 8. The molecule has 2 amide bonds. The predicted molar refractivity (Wildman–Crippen MR) is 267 cm³/mol. The molecule has 2 N–H and O–H groups in total. The van der Waals surface area contributed by atoms with Crippen molar-refractivity contribution < 1.29 is 42.8 Å². The Morgan fingerprint density at radius 3 is 2.42 bits per heavy atom. The number of aromatic nitrogens is 2. The lowest BCUT2D eigenvalue weighted by Crippen LogP contribution is -2.52. The summed E-state index contributed by atoms with van der Waals surface area (Å²) in [4.78, 5) is 58.7. The fraction of sp³-hybridized carbons (Fsp3) is 0.547. The molecule has 18 nitrogen and oxygen atoms in total. The van der Waals surface area contributed by atoms with Gasteiger partial charge in [-0.25, -0.2) is 0 Å². The number of carbonyl (C=O) groups excluding carboxylic acids is 3. The Morgan fingerprint density at radius 1 is 0.859 bits per heavy atom. The van der Waals surface area contributed by atoms with Crippen LogP contribution in [0.2, 0.25) is 0 Å². The van der Waals surface area contributed by atoms with Crippen LogP contribution >= 0.6 is 0 Å². The second-order valence-electron chi connectivity index (χ2n) is 19.9. The quantitative estimate of drug-likeness (QED) is 0.0837. The number of likely N-dealkylation sites (tertiary alicyclic amines) is 1. The highest BCUT2D eigenvalue weighted by Crippen LogP contribution is 2.35. The Kier molecular flexibility index (Phi) is 16.9. The zero-order chi connectivity index (χ0) is 50.1. The lowest BCUT2D eigenvalue weighted by atomic mass is 10.0. The van der Waals surface area contributed by atoms with Crippen LogP contribution in [-0.2, 0) is 48.0 Å². The van der Waals surface area contributed by atoms with Gasteiger partial charge in [0.05, 0.1) is 63.9 Å². The molecule has 4 aromatic rings. The first-order valence-electron chi connectivity index (χ1n) is 24.9. The molecule has 380 valence electrons. The number of hydrogen-bond donors (Lipinski definition) is 1. The molecule has 18 heteroatoms. The number of benzene rings is 3. The van der Waals surface area contributed by atoms with E-state index in [1.807, 2.05) is 0 Å². The van der Waals surface area contributed by atoms with E-state index in [9.17, 15) is 19.6 Å². The van der Waals surface area contributed by atoms with Gasteiger partial charge in [0, 0.05) is 80.0 Å². The molecule has 4 atom stereocenters.